The van der Waals surface area contributed by atoms with Gasteiger partial charge < -0.3 is 9.63 Å². The summed E-state index contributed by atoms with van der Waals surface area (Å²) in [4.78, 5) is 10.7. The Bertz CT molecular complexity index is 343. The van der Waals surface area contributed by atoms with E-state index in [-0.39, 0.29) is 5.92 Å². The Morgan fingerprint density at radius 2 is 2.46 bits per heavy atom. The summed E-state index contributed by atoms with van der Waals surface area (Å²) < 4.78 is 5.05. The van der Waals surface area contributed by atoms with Gasteiger partial charge in [0.15, 0.2) is 0 Å². The van der Waals surface area contributed by atoms with Crippen LogP contribution in [0.15, 0.2) is 4.52 Å². The van der Waals surface area contributed by atoms with Gasteiger partial charge in [0.1, 0.15) is 5.76 Å². The molecule has 1 heterocycles. The Hall–Kier alpha value is -1.32. The third-order valence-electron chi connectivity index (χ3n) is 2.59. The number of carboxylic acid groups (broad SMARTS) is 1. The molecule has 0 amide bonds. The minimum Gasteiger partial charge on any atom is -0.481 e. The first kappa shape index (κ1) is 8.29. The van der Waals surface area contributed by atoms with Gasteiger partial charge in [0, 0.05) is 12.0 Å². The van der Waals surface area contributed by atoms with Gasteiger partial charge in [0.25, 0.3) is 0 Å². The van der Waals surface area contributed by atoms with Gasteiger partial charge in [-0.05, 0) is 19.8 Å². The molecule has 1 aliphatic rings. The molecule has 0 radical (unpaired) electrons. The number of aryl methyl sites for hydroxylation is 1. The third kappa shape index (κ3) is 1.32. The molecule has 70 valence electrons. The second-order valence-electron chi connectivity index (χ2n) is 3.45. The number of carbonyl (C=O) groups is 1. The SMILES string of the molecule is Cc1noc2c1CCC(C(=O)O)C2. The first-order valence-corrected chi connectivity index (χ1v) is 4.35. The van der Waals surface area contributed by atoms with Crippen LogP contribution in [-0.4, -0.2) is 16.2 Å². The van der Waals surface area contributed by atoms with E-state index in [0.717, 1.165) is 23.4 Å². The van der Waals surface area contributed by atoms with E-state index in [1.165, 1.54) is 0 Å². The lowest BCUT2D eigenvalue weighted by Gasteiger charge is -2.16. The van der Waals surface area contributed by atoms with Crippen molar-refractivity contribution in [1.82, 2.24) is 5.16 Å². The Balaban J connectivity index is 2.25. The highest BCUT2D eigenvalue weighted by atomic mass is 16.5. The Labute approximate surface area is 75.5 Å². The van der Waals surface area contributed by atoms with E-state index < -0.39 is 5.97 Å². The van der Waals surface area contributed by atoms with Crippen molar-refractivity contribution in [3.05, 3.63) is 17.0 Å². The van der Waals surface area contributed by atoms with Crippen LogP contribution in [0.5, 0.6) is 0 Å². The lowest BCUT2D eigenvalue weighted by atomic mass is 9.88. The minimum absolute atomic E-state index is 0.292. The van der Waals surface area contributed by atoms with E-state index in [4.69, 9.17) is 9.63 Å². The van der Waals surface area contributed by atoms with Crippen LogP contribution in [0.2, 0.25) is 0 Å². The summed E-state index contributed by atoms with van der Waals surface area (Å²) in [5.74, 6) is -0.268. The van der Waals surface area contributed by atoms with Crippen LogP contribution in [0.3, 0.4) is 0 Å². The van der Waals surface area contributed by atoms with E-state index in [0.29, 0.717) is 12.8 Å². The number of carboxylic acids is 1. The van der Waals surface area contributed by atoms with Crippen LogP contribution in [0.1, 0.15) is 23.4 Å². The first-order chi connectivity index (χ1) is 6.18. The Morgan fingerprint density at radius 3 is 3.15 bits per heavy atom. The summed E-state index contributed by atoms with van der Waals surface area (Å²) in [5.41, 5.74) is 2.01. The van der Waals surface area contributed by atoms with E-state index in [1.54, 1.807) is 0 Å². The molecular formula is C9H11NO3. The molecule has 1 unspecified atom stereocenters. The highest BCUT2D eigenvalue weighted by Gasteiger charge is 2.28. The number of fused-ring (bicyclic) bond motifs is 1. The van der Waals surface area contributed by atoms with Crippen molar-refractivity contribution in [2.75, 3.05) is 0 Å². The molecule has 0 aromatic carbocycles. The fraction of sp³-hybridized carbons (Fsp3) is 0.556. The Morgan fingerprint density at radius 1 is 1.69 bits per heavy atom. The maximum Gasteiger partial charge on any atom is 0.306 e. The Kier molecular flexibility index (Phi) is 1.83. The highest BCUT2D eigenvalue weighted by molar-refractivity contribution is 5.70. The molecule has 2 rings (SSSR count). The van der Waals surface area contributed by atoms with E-state index in [9.17, 15) is 4.79 Å². The summed E-state index contributed by atoms with van der Waals surface area (Å²) in [6.45, 7) is 1.89. The normalized spacial score (nSPS) is 21.2. The molecule has 1 aliphatic carbocycles. The maximum atomic E-state index is 10.7. The summed E-state index contributed by atoms with van der Waals surface area (Å²) in [5, 5.41) is 12.6. The summed E-state index contributed by atoms with van der Waals surface area (Å²) >= 11 is 0. The largest absolute Gasteiger partial charge is 0.481 e. The molecule has 0 bridgehead atoms. The van der Waals surface area contributed by atoms with Gasteiger partial charge in [-0.3, -0.25) is 4.79 Å². The molecule has 0 saturated heterocycles. The van der Waals surface area contributed by atoms with Crippen LogP contribution in [-0.2, 0) is 17.6 Å². The number of hydrogen-bond donors (Lipinski definition) is 1. The molecular weight excluding hydrogens is 170 g/mol. The van der Waals surface area contributed by atoms with Gasteiger partial charge in [-0.2, -0.15) is 0 Å². The summed E-state index contributed by atoms with van der Waals surface area (Å²) in [6, 6.07) is 0. The standard InChI is InChI=1S/C9H11NO3/c1-5-7-3-2-6(9(11)12)4-8(7)13-10-5/h6H,2-4H2,1H3,(H,11,12). The molecule has 0 fully saturated rings. The van der Waals surface area contributed by atoms with Crippen LogP contribution in [0, 0.1) is 12.8 Å². The molecule has 1 aromatic heterocycles. The molecule has 4 nitrogen and oxygen atoms in total. The minimum atomic E-state index is -0.736. The van der Waals surface area contributed by atoms with E-state index >= 15 is 0 Å². The molecule has 1 N–H and O–H groups in total. The highest BCUT2D eigenvalue weighted by Crippen LogP contribution is 2.27. The predicted molar refractivity (Wildman–Crippen MR) is 44.4 cm³/mol. The van der Waals surface area contributed by atoms with E-state index in [1.807, 2.05) is 6.92 Å². The average Bonchev–Trinajstić information content (AvgIpc) is 2.47. The van der Waals surface area contributed by atoms with Crippen molar-refractivity contribution in [3.63, 3.8) is 0 Å². The lowest BCUT2D eigenvalue weighted by molar-refractivity contribution is -0.142. The molecule has 0 spiro atoms. The zero-order valence-electron chi connectivity index (χ0n) is 7.41. The first-order valence-electron chi connectivity index (χ1n) is 4.35. The van der Waals surface area contributed by atoms with Gasteiger partial charge in [0.05, 0.1) is 11.6 Å². The lowest BCUT2D eigenvalue weighted by Crippen LogP contribution is -2.21. The zero-order chi connectivity index (χ0) is 9.42. The number of aliphatic carboxylic acids is 1. The van der Waals surface area contributed by atoms with Gasteiger partial charge in [-0.1, -0.05) is 5.16 Å². The van der Waals surface area contributed by atoms with Crippen LogP contribution >= 0.6 is 0 Å². The monoisotopic (exact) mass is 181 g/mol. The van der Waals surface area contributed by atoms with Crippen molar-refractivity contribution in [2.45, 2.75) is 26.2 Å². The number of aromatic nitrogens is 1. The smallest absolute Gasteiger partial charge is 0.306 e. The molecule has 4 heteroatoms. The fourth-order valence-corrected chi connectivity index (χ4v) is 1.77. The van der Waals surface area contributed by atoms with Crippen molar-refractivity contribution >= 4 is 5.97 Å². The van der Waals surface area contributed by atoms with Crippen molar-refractivity contribution in [3.8, 4) is 0 Å². The maximum absolute atomic E-state index is 10.7. The molecule has 13 heavy (non-hydrogen) atoms. The fourth-order valence-electron chi connectivity index (χ4n) is 1.77. The molecule has 1 atom stereocenters. The third-order valence-corrected chi connectivity index (χ3v) is 2.59. The summed E-state index contributed by atoms with van der Waals surface area (Å²) in [7, 11) is 0. The average molecular weight is 181 g/mol. The number of hydrogen-bond acceptors (Lipinski definition) is 3. The van der Waals surface area contributed by atoms with Crippen molar-refractivity contribution in [2.24, 2.45) is 5.92 Å². The number of nitrogens with zero attached hydrogens (tertiary/aromatic N) is 1. The molecule has 0 saturated carbocycles. The van der Waals surface area contributed by atoms with Crippen molar-refractivity contribution in [1.29, 1.82) is 0 Å². The predicted octanol–water partition coefficient (Wildman–Crippen LogP) is 1.17. The second kappa shape index (κ2) is 2.87. The van der Waals surface area contributed by atoms with Crippen LogP contribution in [0.25, 0.3) is 0 Å². The van der Waals surface area contributed by atoms with Gasteiger partial charge in [0.2, 0.25) is 0 Å². The van der Waals surface area contributed by atoms with Gasteiger partial charge in [-0.25, -0.2) is 0 Å². The summed E-state index contributed by atoms with van der Waals surface area (Å²) in [6.07, 6.45) is 1.97. The second-order valence-corrected chi connectivity index (χ2v) is 3.45. The molecule has 1 aromatic rings. The zero-order valence-corrected chi connectivity index (χ0v) is 7.41. The van der Waals surface area contributed by atoms with Gasteiger partial charge >= 0.3 is 5.97 Å². The van der Waals surface area contributed by atoms with Gasteiger partial charge in [-0.15, -0.1) is 0 Å². The number of rotatable bonds is 1. The quantitative estimate of drug-likeness (QED) is 0.706. The topological polar surface area (TPSA) is 63.3 Å². The molecule has 0 aliphatic heterocycles. The van der Waals surface area contributed by atoms with E-state index in [2.05, 4.69) is 5.16 Å². The van der Waals surface area contributed by atoms with Crippen molar-refractivity contribution < 1.29 is 14.4 Å². The van der Waals surface area contributed by atoms with Crippen LogP contribution in [0.4, 0.5) is 0 Å². The van der Waals surface area contributed by atoms with Crippen LogP contribution < -0.4 is 0 Å².